The molecule has 0 radical (unpaired) electrons. The molecule has 1 aromatic carbocycles. The Labute approximate surface area is 106 Å². The van der Waals surface area contributed by atoms with E-state index in [1.807, 2.05) is 25.1 Å². The number of carbonyl (C=O) groups is 1. The average Bonchev–Trinajstić information content (AvgIpc) is 2.37. The van der Waals surface area contributed by atoms with Crippen LogP contribution in [0.4, 0.5) is 5.69 Å². The molecule has 1 heterocycles. The number of rotatable bonds is 3. The van der Waals surface area contributed by atoms with Gasteiger partial charge in [0.25, 0.3) is 0 Å². The minimum absolute atomic E-state index is 0.0308. The van der Waals surface area contributed by atoms with Gasteiger partial charge in [-0.25, -0.2) is 0 Å². The monoisotopic (exact) mass is 253 g/mol. The third-order valence-electron chi connectivity index (χ3n) is 2.90. The standard InChI is InChI=1S/C13H16ClNO2/c1-2-17-11-5-6-12-10(8-11)4-3-7-15(12)13(16)9-14/h5-6,8H,2-4,7,9H2,1H3. The molecule has 0 atom stereocenters. The van der Waals surface area contributed by atoms with Crippen molar-refractivity contribution in [2.45, 2.75) is 19.8 Å². The quantitative estimate of drug-likeness (QED) is 0.775. The van der Waals surface area contributed by atoms with Crippen molar-refractivity contribution in [3.05, 3.63) is 23.8 Å². The van der Waals surface area contributed by atoms with Gasteiger partial charge < -0.3 is 9.64 Å². The molecule has 0 saturated carbocycles. The van der Waals surface area contributed by atoms with Crippen molar-refractivity contribution in [2.75, 3.05) is 23.9 Å². The predicted molar refractivity (Wildman–Crippen MR) is 69.0 cm³/mol. The number of carbonyl (C=O) groups excluding carboxylic acids is 1. The van der Waals surface area contributed by atoms with Gasteiger partial charge in [0.1, 0.15) is 11.6 Å². The van der Waals surface area contributed by atoms with Crippen LogP contribution in [0.5, 0.6) is 5.75 Å². The van der Waals surface area contributed by atoms with Gasteiger partial charge in [-0.1, -0.05) is 0 Å². The van der Waals surface area contributed by atoms with E-state index in [0.717, 1.165) is 30.8 Å². The highest BCUT2D eigenvalue weighted by molar-refractivity contribution is 6.29. The first-order valence-electron chi connectivity index (χ1n) is 5.88. The number of aryl methyl sites for hydroxylation is 1. The number of nitrogens with zero attached hydrogens (tertiary/aromatic N) is 1. The maximum absolute atomic E-state index is 11.7. The van der Waals surface area contributed by atoms with E-state index in [1.165, 1.54) is 5.56 Å². The summed E-state index contributed by atoms with van der Waals surface area (Å²) < 4.78 is 5.46. The Hall–Kier alpha value is -1.22. The highest BCUT2D eigenvalue weighted by Crippen LogP contribution is 2.30. The molecule has 0 fully saturated rings. The largest absolute Gasteiger partial charge is 0.494 e. The van der Waals surface area contributed by atoms with Crippen molar-refractivity contribution in [3.63, 3.8) is 0 Å². The summed E-state index contributed by atoms with van der Waals surface area (Å²) in [7, 11) is 0. The van der Waals surface area contributed by atoms with Gasteiger partial charge in [-0.15, -0.1) is 11.6 Å². The van der Waals surface area contributed by atoms with Crippen molar-refractivity contribution in [1.82, 2.24) is 0 Å². The van der Waals surface area contributed by atoms with Gasteiger partial charge in [0, 0.05) is 12.2 Å². The molecule has 2 rings (SSSR count). The fourth-order valence-electron chi connectivity index (χ4n) is 2.16. The maximum atomic E-state index is 11.7. The number of amides is 1. The molecule has 1 amide bonds. The van der Waals surface area contributed by atoms with Crippen molar-refractivity contribution in [1.29, 1.82) is 0 Å². The Morgan fingerprint density at radius 1 is 1.53 bits per heavy atom. The number of hydrogen-bond donors (Lipinski definition) is 0. The first kappa shape index (κ1) is 12.2. The van der Waals surface area contributed by atoms with Crippen molar-refractivity contribution >= 4 is 23.2 Å². The van der Waals surface area contributed by atoms with Crippen LogP contribution in [0.1, 0.15) is 18.9 Å². The average molecular weight is 254 g/mol. The Morgan fingerprint density at radius 2 is 2.35 bits per heavy atom. The van der Waals surface area contributed by atoms with E-state index < -0.39 is 0 Å². The molecule has 0 unspecified atom stereocenters. The smallest absolute Gasteiger partial charge is 0.241 e. The van der Waals surface area contributed by atoms with Crippen LogP contribution in [-0.4, -0.2) is 24.9 Å². The van der Waals surface area contributed by atoms with Crippen LogP contribution in [0, 0.1) is 0 Å². The van der Waals surface area contributed by atoms with Gasteiger partial charge in [0.2, 0.25) is 5.91 Å². The Bertz CT molecular complexity index is 420. The molecule has 92 valence electrons. The molecule has 17 heavy (non-hydrogen) atoms. The van der Waals surface area contributed by atoms with Gasteiger partial charge in [-0.2, -0.15) is 0 Å². The summed E-state index contributed by atoms with van der Waals surface area (Å²) in [6, 6.07) is 5.87. The lowest BCUT2D eigenvalue weighted by molar-refractivity contribution is -0.116. The molecule has 0 aliphatic carbocycles. The highest BCUT2D eigenvalue weighted by atomic mass is 35.5. The summed E-state index contributed by atoms with van der Waals surface area (Å²) in [5, 5.41) is 0. The molecule has 0 spiro atoms. The van der Waals surface area contributed by atoms with Gasteiger partial charge in [0.05, 0.1) is 6.61 Å². The second-order valence-corrected chi connectivity index (χ2v) is 4.27. The van der Waals surface area contributed by atoms with Crippen LogP contribution in [0.2, 0.25) is 0 Å². The lowest BCUT2D eigenvalue weighted by atomic mass is 10.0. The zero-order valence-electron chi connectivity index (χ0n) is 9.91. The summed E-state index contributed by atoms with van der Waals surface area (Å²) in [5.41, 5.74) is 2.14. The van der Waals surface area contributed by atoms with Gasteiger partial charge in [0.15, 0.2) is 0 Å². The summed E-state index contributed by atoms with van der Waals surface area (Å²) in [5.74, 6) is 0.871. The van der Waals surface area contributed by atoms with E-state index in [4.69, 9.17) is 16.3 Å². The SMILES string of the molecule is CCOc1ccc2c(c1)CCCN2C(=O)CCl. The van der Waals surface area contributed by atoms with E-state index in [1.54, 1.807) is 4.90 Å². The molecule has 0 aromatic heterocycles. The molecule has 1 aliphatic heterocycles. The van der Waals surface area contributed by atoms with Gasteiger partial charge in [-0.3, -0.25) is 4.79 Å². The van der Waals surface area contributed by atoms with Crippen molar-refractivity contribution in [2.24, 2.45) is 0 Å². The molecule has 0 bridgehead atoms. The van der Waals surface area contributed by atoms with E-state index in [-0.39, 0.29) is 11.8 Å². The Kier molecular flexibility index (Phi) is 3.89. The number of fused-ring (bicyclic) bond motifs is 1. The Morgan fingerprint density at radius 3 is 3.06 bits per heavy atom. The second-order valence-electron chi connectivity index (χ2n) is 4.01. The number of halogens is 1. The fourth-order valence-corrected chi connectivity index (χ4v) is 2.31. The van der Waals surface area contributed by atoms with Crippen molar-refractivity contribution < 1.29 is 9.53 Å². The number of benzene rings is 1. The fraction of sp³-hybridized carbons (Fsp3) is 0.462. The van der Waals surface area contributed by atoms with Crippen LogP contribution in [0.25, 0.3) is 0 Å². The lowest BCUT2D eigenvalue weighted by Gasteiger charge is -2.29. The molecule has 1 aromatic rings. The predicted octanol–water partition coefficient (Wildman–Crippen LogP) is 2.60. The first-order valence-corrected chi connectivity index (χ1v) is 6.41. The topological polar surface area (TPSA) is 29.5 Å². The molecular formula is C13H16ClNO2. The van der Waals surface area contributed by atoms with Gasteiger partial charge >= 0.3 is 0 Å². The summed E-state index contributed by atoms with van der Waals surface area (Å²) >= 11 is 5.62. The number of anilines is 1. The number of ether oxygens (including phenoxy) is 1. The van der Waals surface area contributed by atoms with Gasteiger partial charge in [-0.05, 0) is 43.5 Å². The van der Waals surface area contributed by atoms with Crippen molar-refractivity contribution in [3.8, 4) is 5.75 Å². The van der Waals surface area contributed by atoms with E-state index in [2.05, 4.69) is 0 Å². The second kappa shape index (κ2) is 5.41. The third-order valence-corrected chi connectivity index (χ3v) is 3.12. The van der Waals surface area contributed by atoms with Crippen LogP contribution < -0.4 is 9.64 Å². The zero-order valence-corrected chi connectivity index (χ0v) is 10.7. The minimum Gasteiger partial charge on any atom is -0.494 e. The van der Waals surface area contributed by atoms with Crippen LogP contribution >= 0.6 is 11.6 Å². The van der Waals surface area contributed by atoms with Crippen LogP contribution in [-0.2, 0) is 11.2 Å². The zero-order chi connectivity index (χ0) is 12.3. The molecule has 4 heteroatoms. The van der Waals surface area contributed by atoms with E-state index in [9.17, 15) is 4.79 Å². The third kappa shape index (κ3) is 2.55. The maximum Gasteiger partial charge on any atom is 0.241 e. The normalized spacial score (nSPS) is 14.4. The molecule has 0 saturated heterocycles. The minimum atomic E-state index is -0.0308. The molecule has 0 N–H and O–H groups in total. The van der Waals surface area contributed by atoms with Crippen LogP contribution in [0.3, 0.4) is 0 Å². The first-order chi connectivity index (χ1) is 8.26. The highest BCUT2D eigenvalue weighted by Gasteiger charge is 2.21. The summed E-state index contributed by atoms with van der Waals surface area (Å²) in [6.45, 7) is 3.37. The van der Waals surface area contributed by atoms with Crippen LogP contribution in [0.15, 0.2) is 18.2 Å². The van der Waals surface area contributed by atoms with E-state index in [0.29, 0.717) is 6.61 Å². The summed E-state index contributed by atoms with van der Waals surface area (Å²) in [4.78, 5) is 13.5. The Balaban J connectivity index is 2.30. The number of hydrogen-bond acceptors (Lipinski definition) is 2. The molecule has 1 aliphatic rings. The number of alkyl halides is 1. The lowest BCUT2D eigenvalue weighted by Crippen LogP contribution is -2.36. The summed E-state index contributed by atoms with van der Waals surface area (Å²) in [6.07, 6.45) is 1.97. The van der Waals surface area contributed by atoms with E-state index >= 15 is 0 Å². The molecule has 3 nitrogen and oxygen atoms in total. The molecular weight excluding hydrogens is 238 g/mol.